The molecule has 0 atom stereocenters. The summed E-state index contributed by atoms with van der Waals surface area (Å²) in [6.45, 7) is 1.76. The van der Waals surface area contributed by atoms with Gasteiger partial charge in [-0.3, -0.25) is 0 Å². The number of hydrogen-bond donors (Lipinski definition) is 0. The van der Waals surface area contributed by atoms with E-state index in [2.05, 4.69) is 68.0 Å². The Morgan fingerprint density at radius 1 is 0.619 bits per heavy atom. The number of ether oxygens (including phenoxy) is 2. The number of para-hydroxylation sites is 2. The Kier molecular flexibility index (Phi) is 10.3. The van der Waals surface area contributed by atoms with Crippen LogP contribution < -0.4 is 4.74 Å². The van der Waals surface area contributed by atoms with Gasteiger partial charge in [0.15, 0.2) is 24.3 Å². The standard InChI is InChI=1S/C30H26Cl6N4O2/c31-29(32,33)27-37-26(38-28(39-27)30(34,35)36)20-13-15-21(16-14-20)42-19-41-18-8-2-1-7-17-40-24-11-5-3-9-22(24)23-10-4-6-12-25(23)40/h3-6,9-16H,1-2,7-8,17-19H2. The topological polar surface area (TPSA) is 62.1 Å². The molecule has 6 nitrogen and oxygen atoms in total. The van der Waals surface area contributed by atoms with Crippen molar-refractivity contribution < 1.29 is 9.47 Å². The molecule has 5 aromatic rings. The SMILES string of the molecule is ClC(Cl)(Cl)c1nc(-c2ccc(OCOCCCCCCn3c4ccccc4c4ccccc43)cc2)nc(C(Cl)(Cl)Cl)n1. The summed E-state index contributed by atoms with van der Waals surface area (Å²) in [4.78, 5) is 12.4. The number of aryl methyl sites for hydroxylation is 1. The molecule has 0 amide bonds. The first-order valence-corrected chi connectivity index (χ1v) is 15.6. The highest BCUT2D eigenvalue weighted by Gasteiger charge is 2.34. The van der Waals surface area contributed by atoms with E-state index in [1.54, 1.807) is 24.3 Å². The van der Waals surface area contributed by atoms with Gasteiger partial charge in [0.1, 0.15) is 5.75 Å². The van der Waals surface area contributed by atoms with E-state index in [0.29, 0.717) is 17.9 Å². The number of benzene rings is 3. The van der Waals surface area contributed by atoms with Crippen LogP contribution in [0.15, 0.2) is 72.8 Å². The van der Waals surface area contributed by atoms with Crippen LogP contribution >= 0.6 is 69.6 Å². The molecule has 0 N–H and O–H groups in total. The molecule has 2 aromatic heterocycles. The predicted molar refractivity (Wildman–Crippen MR) is 173 cm³/mol. The lowest BCUT2D eigenvalue weighted by atomic mass is 10.2. The third-order valence-corrected chi connectivity index (χ3v) is 7.68. The average molecular weight is 687 g/mol. The predicted octanol–water partition coefficient (Wildman–Crippen LogP) is 9.91. The second kappa shape index (κ2) is 13.7. The summed E-state index contributed by atoms with van der Waals surface area (Å²) in [7, 11) is 0. The van der Waals surface area contributed by atoms with E-state index in [1.807, 2.05) is 0 Å². The number of halogens is 6. The monoisotopic (exact) mass is 684 g/mol. The number of hydrogen-bond acceptors (Lipinski definition) is 5. The molecule has 3 aromatic carbocycles. The summed E-state index contributed by atoms with van der Waals surface area (Å²) >= 11 is 35.7. The van der Waals surface area contributed by atoms with Crippen molar-refractivity contribution in [3.8, 4) is 17.1 Å². The quantitative estimate of drug-likeness (QED) is 0.0786. The van der Waals surface area contributed by atoms with Crippen molar-refractivity contribution in [1.29, 1.82) is 0 Å². The maximum absolute atomic E-state index is 5.96. The normalized spacial score (nSPS) is 12.3. The number of unbranched alkanes of at least 4 members (excludes halogenated alkanes) is 3. The molecule has 0 radical (unpaired) electrons. The highest BCUT2D eigenvalue weighted by Crippen LogP contribution is 2.41. The van der Waals surface area contributed by atoms with Gasteiger partial charge >= 0.3 is 0 Å². The van der Waals surface area contributed by atoms with Crippen LogP contribution in [0.2, 0.25) is 0 Å². The van der Waals surface area contributed by atoms with Gasteiger partial charge in [-0.15, -0.1) is 0 Å². The lowest BCUT2D eigenvalue weighted by molar-refractivity contribution is 0.0135. The highest BCUT2D eigenvalue weighted by molar-refractivity contribution is 6.67. The van der Waals surface area contributed by atoms with Gasteiger partial charge in [0.2, 0.25) is 7.59 Å². The Hall–Kier alpha value is -2.03. The van der Waals surface area contributed by atoms with E-state index in [1.165, 1.54) is 21.8 Å². The first-order chi connectivity index (χ1) is 20.1. The lowest BCUT2D eigenvalue weighted by Crippen LogP contribution is -2.16. The van der Waals surface area contributed by atoms with Crippen molar-refractivity contribution in [1.82, 2.24) is 19.5 Å². The van der Waals surface area contributed by atoms with Crippen LogP contribution in [0.3, 0.4) is 0 Å². The Balaban J connectivity index is 1.05. The molecule has 0 saturated heterocycles. The first kappa shape index (κ1) is 31.4. The van der Waals surface area contributed by atoms with Crippen LogP contribution in [0.25, 0.3) is 33.2 Å². The Labute approximate surface area is 273 Å². The van der Waals surface area contributed by atoms with Gasteiger partial charge in [-0.25, -0.2) is 15.0 Å². The van der Waals surface area contributed by atoms with Crippen LogP contribution in [0, 0.1) is 0 Å². The van der Waals surface area contributed by atoms with Gasteiger partial charge in [-0.1, -0.05) is 119 Å². The van der Waals surface area contributed by atoms with Crippen molar-refractivity contribution in [2.24, 2.45) is 0 Å². The van der Waals surface area contributed by atoms with Gasteiger partial charge in [0.25, 0.3) is 0 Å². The van der Waals surface area contributed by atoms with E-state index in [9.17, 15) is 0 Å². The minimum absolute atomic E-state index is 0.140. The number of alkyl halides is 6. The fraction of sp³-hybridized carbons (Fsp3) is 0.300. The molecule has 0 unspecified atom stereocenters. The van der Waals surface area contributed by atoms with E-state index >= 15 is 0 Å². The molecule has 0 saturated carbocycles. The Morgan fingerprint density at radius 3 is 1.74 bits per heavy atom. The largest absolute Gasteiger partial charge is 0.468 e. The molecule has 0 spiro atoms. The molecular formula is C30H26Cl6N4O2. The zero-order chi connectivity index (χ0) is 29.7. The van der Waals surface area contributed by atoms with E-state index in [-0.39, 0.29) is 24.3 Å². The van der Waals surface area contributed by atoms with Crippen LogP contribution in [0.4, 0.5) is 0 Å². The van der Waals surface area contributed by atoms with E-state index in [0.717, 1.165) is 32.2 Å². The number of fused-ring (bicyclic) bond motifs is 3. The number of nitrogens with zero attached hydrogens (tertiary/aromatic N) is 4. The highest BCUT2D eigenvalue weighted by atomic mass is 35.6. The fourth-order valence-electron chi connectivity index (χ4n) is 4.70. The van der Waals surface area contributed by atoms with Gasteiger partial charge in [0, 0.05) is 33.9 Å². The summed E-state index contributed by atoms with van der Waals surface area (Å²) in [5.41, 5.74) is 3.18. The zero-order valence-electron chi connectivity index (χ0n) is 22.3. The smallest absolute Gasteiger partial charge is 0.250 e. The van der Waals surface area contributed by atoms with Crippen molar-refractivity contribution >= 4 is 91.4 Å². The van der Waals surface area contributed by atoms with E-state index in [4.69, 9.17) is 79.1 Å². The maximum Gasteiger partial charge on any atom is 0.250 e. The number of rotatable bonds is 11. The summed E-state index contributed by atoms with van der Waals surface area (Å²) in [5, 5.41) is 2.62. The van der Waals surface area contributed by atoms with Gasteiger partial charge in [-0.2, -0.15) is 0 Å². The maximum atomic E-state index is 5.96. The first-order valence-electron chi connectivity index (χ1n) is 13.3. The molecule has 12 heteroatoms. The van der Waals surface area contributed by atoms with Crippen molar-refractivity contribution in [3.63, 3.8) is 0 Å². The minimum Gasteiger partial charge on any atom is -0.468 e. The fourth-order valence-corrected chi connectivity index (χ4v) is 5.21. The van der Waals surface area contributed by atoms with E-state index < -0.39 is 7.59 Å². The Morgan fingerprint density at radius 2 is 1.17 bits per heavy atom. The third-order valence-electron chi connectivity index (χ3n) is 6.66. The molecule has 0 fully saturated rings. The summed E-state index contributed by atoms with van der Waals surface area (Å²) in [6, 6.07) is 24.2. The van der Waals surface area contributed by atoms with Crippen LogP contribution in [0.5, 0.6) is 5.75 Å². The average Bonchev–Trinajstić information content (AvgIpc) is 3.29. The minimum atomic E-state index is -1.92. The van der Waals surface area contributed by atoms with Crippen LogP contribution in [-0.4, -0.2) is 32.9 Å². The van der Waals surface area contributed by atoms with Crippen molar-refractivity contribution in [3.05, 3.63) is 84.4 Å². The molecule has 220 valence electrons. The second-order valence-electron chi connectivity index (χ2n) is 9.60. The summed E-state index contributed by atoms with van der Waals surface area (Å²) in [6.07, 6.45) is 4.29. The third kappa shape index (κ3) is 7.72. The molecule has 42 heavy (non-hydrogen) atoms. The molecule has 0 aliphatic heterocycles. The van der Waals surface area contributed by atoms with Crippen LogP contribution in [0.1, 0.15) is 37.3 Å². The van der Waals surface area contributed by atoms with Gasteiger partial charge in [0.05, 0.1) is 6.61 Å². The van der Waals surface area contributed by atoms with Crippen LogP contribution in [-0.2, 0) is 18.9 Å². The lowest BCUT2D eigenvalue weighted by Gasteiger charge is -2.15. The molecule has 5 rings (SSSR count). The zero-order valence-corrected chi connectivity index (χ0v) is 26.8. The summed E-state index contributed by atoms with van der Waals surface area (Å²) in [5.74, 6) is 0.495. The van der Waals surface area contributed by atoms with Crippen molar-refractivity contribution in [2.45, 2.75) is 39.8 Å². The molecule has 0 aliphatic carbocycles. The van der Waals surface area contributed by atoms with Crippen molar-refractivity contribution in [2.75, 3.05) is 13.4 Å². The molecule has 0 bridgehead atoms. The summed E-state index contributed by atoms with van der Waals surface area (Å²) < 4.78 is 9.97. The molecule has 0 aliphatic rings. The number of aromatic nitrogens is 4. The molecule has 2 heterocycles. The molecular weight excluding hydrogens is 661 g/mol. The Bertz CT molecular complexity index is 1560. The second-order valence-corrected chi connectivity index (χ2v) is 14.2. The van der Waals surface area contributed by atoms with Gasteiger partial charge in [-0.05, 0) is 49.2 Å². The van der Waals surface area contributed by atoms with Gasteiger partial charge < -0.3 is 14.0 Å².